The standard InChI is InChI=1S/C20H33N3O4S/c1-17-7-8-18(2)19(16-17)23(28(3,25)26)11-4-6-20(24)21-9-5-10-22-12-14-27-15-13-22/h7-8,16H,4-6,9-15H2,1-3H3,(H,21,24). The van der Waals surface area contributed by atoms with Crippen LogP contribution in [0.25, 0.3) is 0 Å². The predicted molar refractivity (Wildman–Crippen MR) is 112 cm³/mol. The molecular weight excluding hydrogens is 378 g/mol. The first-order chi connectivity index (χ1) is 13.3. The summed E-state index contributed by atoms with van der Waals surface area (Å²) >= 11 is 0. The number of carbonyl (C=O) groups is 1. The van der Waals surface area contributed by atoms with Crippen LogP contribution in [-0.2, 0) is 19.6 Å². The molecule has 1 fully saturated rings. The molecule has 1 saturated heterocycles. The lowest BCUT2D eigenvalue weighted by Gasteiger charge is -2.26. The molecule has 1 heterocycles. The van der Waals surface area contributed by atoms with Crippen LogP contribution in [-0.4, -0.2) is 71.4 Å². The van der Waals surface area contributed by atoms with E-state index in [1.54, 1.807) is 0 Å². The van der Waals surface area contributed by atoms with Gasteiger partial charge < -0.3 is 10.1 Å². The minimum absolute atomic E-state index is 0.0311. The monoisotopic (exact) mass is 411 g/mol. The smallest absolute Gasteiger partial charge is 0.232 e. The van der Waals surface area contributed by atoms with Crippen LogP contribution in [0.15, 0.2) is 18.2 Å². The zero-order valence-electron chi connectivity index (χ0n) is 17.2. The van der Waals surface area contributed by atoms with Crippen molar-refractivity contribution in [2.75, 3.05) is 56.5 Å². The highest BCUT2D eigenvalue weighted by molar-refractivity contribution is 7.92. The van der Waals surface area contributed by atoms with Crippen molar-refractivity contribution in [2.24, 2.45) is 0 Å². The molecule has 0 spiro atoms. The maximum Gasteiger partial charge on any atom is 0.232 e. The van der Waals surface area contributed by atoms with E-state index >= 15 is 0 Å². The summed E-state index contributed by atoms with van der Waals surface area (Å²) in [6.45, 7) is 9.20. The molecule has 8 heteroatoms. The van der Waals surface area contributed by atoms with E-state index in [1.165, 1.54) is 10.6 Å². The molecule has 0 atom stereocenters. The average Bonchev–Trinajstić information content (AvgIpc) is 2.64. The lowest BCUT2D eigenvalue weighted by Crippen LogP contribution is -2.38. The van der Waals surface area contributed by atoms with Gasteiger partial charge in [-0.05, 0) is 50.4 Å². The molecule has 0 unspecified atom stereocenters. The molecular formula is C20H33N3O4S. The summed E-state index contributed by atoms with van der Waals surface area (Å²) in [6.07, 6.45) is 2.91. The van der Waals surface area contributed by atoms with Crippen molar-refractivity contribution >= 4 is 21.6 Å². The van der Waals surface area contributed by atoms with Gasteiger partial charge in [-0.25, -0.2) is 8.42 Å². The third-order valence-electron chi connectivity index (χ3n) is 4.88. The lowest BCUT2D eigenvalue weighted by molar-refractivity contribution is -0.121. The number of carbonyl (C=O) groups excluding carboxylic acids is 1. The van der Waals surface area contributed by atoms with E-state index in [0.29, 0.717) is 31.6 Å². The number of amides is 1. The number of morpholine rings is 1. The van der Waals surface area contributed by atoms with Crippen molar-refractivity contribution in [3.8, 4) is 0 Å². The molecule has 28 heavy (non-hydrogen) atoms. The number of aryl methyl sites for hydroxylation is 2. The third-order valence-corrected chi connectivity index (χ3v) is 6.06. The minimum Gasteiger partial charge on any atom is -0.379 e. The molecule has 0 saturated carbocycles. The number of hydrogen-bond acceptors (Lipinski definition) is 5. The Bertz CT molecular complexity index is 746. The van der Waals surface area contributed by atoms with Crippen molar-refractivity contribution in [1.82, 2.24) is 10.2 Å². The first-order valence-electron chi connectivity index (χ1n) is 9.89. The Hall–Kier alpha value is -1.64. The van der Waals surface area contributed by atoms with E-state index < -0.39 is 10.0 Å². The number of nitrogens with zero attached hydrogens (tertiary/aromatic N) is 2. The molecule has 2 rings (SSSR count). The fraction of sp³-hybridized carbons (Fsp3) is 0.650. The largest absolute Gasteiger partial charge is 0.379 e. The second-order valence-electron chi connectivity index (χ2n) is 7.39. The van der Waals surface area contributed by atoms with Gasteiger partial charge in [-0.2, -0.15) is 0 Å². The van der Waals surface area contributed by atoms with Crippen LogP contribution in [0.3, 0.4) is 0 Å². The van der Waals surface area contributed by atoms with Crippen molar-refractivity contribution in [3.63, 3.8) is 0 Å². The minimum atomic E-state index is -3.40. The van der Waals surface area contributed by atoms with E-state index in [1.807, 2.05) is 32.0 Å². The van der Waals surface area contributed by atoms with Crippen LogP contribution >= 0.6 is 0 Å². The van der Waals surface area contributed by atoms with Gasteiger partial charge >= 0.3 is 0 Å². The zero-order valence-corrected chi connectivity index (χ0v) is 18.1. The van der Waals surface area contributed by atoms with Crippen LogP contribution in [0.1, 0.15) is 30.4 Å². The number of rotatable bonds is 10. The molecule has 1 aliphatic rings. The number of sulfonamides is 1. The Morgan fingerprint density at radius 2 is 1.93 bits per heavy atom. The Morgan fingerprint density at radius 1 is 1.21 bits per heavy atom. The Morgan fingerprint density at radius 3 is 2.61 bits per heavy atom. The highest BCUT2D eigenvalue weighted by Gasteiger charge is 2.19. The van der Waals surface area contributed by atoms with Gasteiger partial charge in [0.1, 0.15) is 0 Å². The first kappa shape index (κ1) is 22.6. The normalized spacial score (nSPS) is 15.4. The summed E-state index contributed by atoms with van der Waals surface area (Å²) in [5, 5.41) is 2.93. The van der Waals surface area contributed by atoms with E-state index in [0.717, 1.165) is 50.4 Å². The fourth-order valence-electron chi connectivity index (χ4n) is 3.28. The number of nitrogens with one attached hydrogen (secondary N) is 1. The predicted octanol–water partition coefficient (Wildman–Crippen LogP) is 1.69. The molecule has 1 aliphatic heterocycles. The highest BCUT2D eigenvalue weighted by atomic mass is 32.2. The number of anilines is 1. The van der Waals surface area contributed by atoms with E-state index in [2.05, 4.69) is 10.2 Å². The van der Waals surface area contributed by atoms with Crippen molar-refractivity contribution < 1.29 is 17.9 Å². The molecule has 1 aromatic carbocycles. The van der Waals surface area contributed by atoms with Gasteiger partial charge in [0.25, 0.3) is 0 Å². The van der Waals surface area contributed by atoms with Crippen LogP contribution < -0.4 is 9.62 Å². The van der Waals surface area contributed by atoms with E-state index in [4.69, 9.17) is 4.74 Å². The highest BCUT2D eigenvalue weighted by Crippen LogP contribution is 2.24. The Labute approximate surface area is 169 Å². The third kappa shape index (κ3) is 7.41. The van der Waals surface area contributed by atoms with Crippen molar-refractivity contribution in [2.45, 2.75) is 33.1 Å². The average molecular weight is 412 g/mol. The van der Waals surface area contributed by atoms with Gasteiger partial charge in [0.15, 0.2) is 0 Å². The van der Waals surface area contributed by atoms with Crippen LogP contribution in [0.4, 0.5) is 5.69 Å². The molecule has 1 aromatic rings. The van der Waals surface area contributed by atoms with Gasteiger partial charge in [0, 0.05) is 32.6 Å². The van der Waals surface area contributed by atoms with E-state index in [9.17, 15) is 13.2 Å². The quantitative estimate of drug-likeness (QED) is 0.593. The van der Waals surface area contributed by atoms with Crippen LogP contribution in [0, 0.1) is 13.8 Å². The van der Waals surface area contributed by atoms with Crippen LogP contribution in [0.5, 0.6) is 0 Å². The second-order valence-corrected chi connectivity index (χ2v) is 9.29. The number of hydrogen-bond donors (Lipinski definition) is 1. The lowest BCUT2D eigenvalue weighted by atomic mass is 10.1. The maximum atomic E-state index is 12.2. The summed E-state index contributed by atoms with van der Waals surface area (Å²) in [7, 11) is -3.40. The summed E-state index contributed by atoms with van der Waals surface area (Å²) in [4.78, 5) is 14.4. The zero-order chi connectivity index (χ0) is 20.6. The number of benzene rings is 1. The van der Waals surface area contributed by atoms with Gasteiger partial charge in [-0.3, -0.25) is 14.0 Å². The van der Waals surface area contributed by atoms with Gasteiger partial charge in [0.2, 0.25) is 15.9 Å². The number of ether oxygens (including phenoxy) is 1. The van der Waals surface area contributed by atoms with Gasteiger partial charge in [-0.1, -0.05) is 12.1 Å². The van der Waals surface area contributed by atoms with Crippen LogP contribution in [0.2, 0.25) is 0 Å². The van der Waals surface area contributed by atoms with E-state index in [-0.39, 0.29) is 5.91 Å². The topological polar surface area (TPSA) is 79.0 Å². The molecule has 0 radical (unpaired) electrons. The summed E-state index contributed by atoms with van der Waals surface area (Å²) < 4.78 is 31.2. The second kappa shape index (κ2) is 10.8. The molecule has 0 aliphatic carbocycles. The maximum absolute atomic E-state index is 12.2. The summed E-state index contributed by atoms with van der Waals surface area (Å²) in [5.41, 5.74) is 2.60. The molecule has 1 N–H and O–H groups in total. The molecule has 0 aromatic heterocycles. The SMILES string of the molecule is Cc1ccc(C)c(N(CCCC(=O)NCCCN2CCOCC2)S(C)(=O)=O)c1. The van der Waals surface area contributed by atoms with Gasteiger partial charge in [0.05, 0.1) is 25.2 Å². The fourth-order valence-corrected chi connectivity index (χ4v) is 4.29. The summed E-state index contributed by atoms with van der Waals surface area (Å²) in [6, 6.07) is 5.76. The Kier molecular flexibility index (Phi) is 8.72. The first-order valence-corrected chi connectivity index (χ1v) is 11.7. The molecule has 1 amide bonds. The van der Waals surface area contributed by atoms with Crippen molar-refractivity contribution in [1.29, 1.82) is 0 Å². The molecule has 0 bridgehead atoms. The van der Waals surface area contributed by atoms with Crippen molar-refractivity contribution in [3.05, 3.63) is 29.3 Å². The molecule has 158 valence electrons. The summed E-state index contributed by atoms with van der Waals surface area (Å²) in [5.74, 6) is -0.0311. The van der Waals surface area contributed by atoms with Gasteiger partial charge in [-0.15, -0.1) is 0 Å². The molecule has 7 nitrogen and oxygen atoms in total. The Balaban J connectivity index is 1.75.